The van der Waals surface area contributed by atoms with Gasteiger partial charge in [0.1, 0.15) is 18.9 Å². The fraction of sp³-hybridized carbons (Fsp3) is 0.571. The summed E-state index contributed by atoms with van der Waals surface area (Å²) in [5.74, 6) is -0.769. The molecule has 23 heavy (non-hydrogen) atoms. The van der Waals surface area contributed by atoms with Crippen molar-refractivity contribution in [3.8, 4) is 0 Å². The maximum atomic E-state index is 12.2. The van der Waals surface area contributed by atoms with E-state index in [0.29, 0.717) is 0 Å². The van der Waals surface area contributed by atoms with Crippen LogP contribution in [0.5, 0.6) is 0 Å². The Morgan fingerprint density at radius 2 is 1.52 bits per heavy atom. The van der Waals surface area contributed by atoms with Crippen LogP contribution in [0.4, 0.5) is 0 Å². The molecule has 0 amide bonds. The largest absolute Gasteiger partial charge is 0.461 e. The van der Waals surface area contributed by atoms with E-state index in [4.69, 9.17) is 41.7 Å². The number of alkyl halides is 2. The number of carbonyl (C=O) groups is 2. The molecule has 1 unspecified atom stereocenters. The quantitative estimate of drug-likeness (QED) is 0.198. The molecule has 1 atom stereocenters. The second kappa shape index (κ2) is 14.9. The third-order valence-electron chi connectivity index (χ3n) is 2.18. The van der Waals surface area contributed by atoms with Crippen LogP contribution in [0.2, 0.25) is 0 Å². The van der Waals surface area contributed by atoms with Crippen LogP contribution in [-0.2, 0) is 28.1 Å². The van der Waals surface area contributed by atoms with Gasteiger partial charge in [-0.1, -0.05) is 25.3 Å². The van der Waals surface area contributed by atoms with Crippen LogP contribution in [0.15, 0.2) is 25.3 Å². The molecule has 6 nitrogen and oxygen atoms in total. The Balaban J connectivity index is 4.97. The smallest absolute Gasteiger partial charge is 0.318 e. The van der Waals surface area contributed by atoms with E-state index in [0.717, 1.165) is 0 Å². The number of hydrogen-bond donors (Lipinski definition) is 0. The maximum Gasteiger partial charge on any atom is 0.318 e. The van der Waals surface area contributed by atoms with Crippen LogP contribution in [0.25, 0.3) is 0 Å². The van der Waals surface area contributed by atoms with Crippen LogP contribution < -0.4 is 0 Å². The molecule has 0 aromatic carbocycles. The highest BCUT2D eigenvalue weighted by Gasteiger charge is 2.35. The highest BCUT2D eigenvalue weighted by atomic mass is 35.5. The molecule has 132 valence electrons. The summed E-state index contributed by atoms with van der Waals surface area (Å²) in [6.07, 6.45) is 2.62. The Bertz CT molecular complexity index is 372. The second-order valence-corrected chi connectivity index (χ2v) is 6.41. The van der Waals surface area contributed by atoms with E-state index in [-0.39, 0.29) is 44.6 Å². The standard InChI is InChI=1S/C14H21Cl2O6P/c1-3-7-19-13(17)11-12(14(18)20-8-4-2)23(21-9-5-15)22-10-6-16/h3-4,12H,1-2,5-11H2. The summed E-state index contributed by atoms with van der Waals surface area (Å²) in [7, 11) is -1.74. The lowest BCUT2D eigenvalue weighted by molar-refractivity contribution is -0.148. The predicted molar refractivity (Wildman–Crippen MR) is 91.0 cm³/mol. The Kier molecular flexibility index (Phi) is 14.5. The first-order valence-corrected chi connectivity index (χ1v) is 9.13. The third-order valence-corrected chi connectivity index (χ3v) is 4.27. The molecule has 0 bridgehead atoms. The lowest BCUT2D eigenvalue weighted by Crippen LogP contribution is -2.28. The minimum Gasteiger partial charge on any atom is -0.461 e. The number of carbonyl (C=O) groups excluding carboxylic acids is 2. The fourth-order valence-electron chi connectivity index (χ4n) is 1.32. The molecule has 0 aromatic rings. The van der Waals surface area contributed by atoms with Crippen molar-refractivity contribution in [1.29, 1.82) is 0 Å². The zero-order valence-electron chi connectivity index (χ0n) is 12.7. The van der Waals surface area contributed by atoms with Gasteiger partial charge in [-0.3, -0.25) is 9.59 Å². The third kappa shape index (κ3) is 10.7. The van der Waals surface area contributed by atoms with Crippen molar-refractivity contribution in [3.05, 3.63) is 25.3 Å². The Morgan fingerprint density at radius 3 is 2.00 bits per heavy atom. The van der Waals surface area contributed by atoms with Gasteiger partial charge in [-0.2, -0.15) is 0 Å². The highest BCUT2D eigenvalue weighted by molar-refractivity contribution is 7.49. The van der Waals surface area contributed by atoms with E-state index in [9.17, 15) is 9.59 Å². The molecule has 0 spiro atoms. The van der Waals surface area contributed by atoms with E-state index < -0.39 is 26.0 Å². The maximum absolute atomic E-state index is 12.2. The van der Waals surface area contributed by atoms with Crippen molar-refractivity contribution in [2.45, 2.75) is 12.1 Å². The summed E-state index contributed by atoms with van der Waals surface area (Å²) in [6.45, 7) is 7.32. The molecule has 0 fully saturated rings. The number of halogens is 2. The Labute approximate surface area is 147 Å². The molecule has 0 radical (unpaired) electrons. The molecule has 0 aliphatic heterocycles. The summed E-state index contributed by atoms with van der Waals surface area (Å²) < 4.78 is 20.8. The SMILES string of the molecule is C=CCOC(=O)CC(C(=O)OCC=C)P(OCCCl)OCCCl. The minimum atomic E-state index is -1.74. The molecule has 0 aliphatic rings. The summed E-state index contributed by atoms with van der Waals surface area (Å²) >= 11 is 11.2. The van der Waals surface area contributed by atoms with Crippen molar-refractivity contribution in [2.75, 3.05) is 38.2 Å². The second-order valence-electron chi connectivity index (χ2n) is 3.94. The lowest BCUT2D eigenvalue weighted by Gasteiger charge is -2.23. The van der Waals surface area contributed by atoms with Crippen molar-refractivity contribution in [1.82, 2.24) is 0 Å². The molecule has 0 saturated carbocycles. The van der Waals surface area contributed by atoms with Gasteiger partial charge in [-0.25, -0.2) is 0 Å². The number of hydrogen-bond acceptors (Lipinski definition) is 6. The molecule has 0 N–H and O–H groups in total. The number of rotatable bonds is 14. The topological polar surface area (TPSA) is 71.1 Å². The predicted octanol–water partition coefficient (Wildman–Crippen LogP) is 3.03. The average molecular weight is 387 g/mol. The summed E-state index contributed by atoms with van der Waals surface area (Å²) in [5, 5.41) is 0. The molecule has 9 heteroatoms. The minimum absolute atomic E-state index is 0.0191. The molecule has 0 heterocycles. The summed E-state index contributed by atoms with van der Waals surface area (Å²) in [4.78, 5) is 24.0. The van der Waals surface area contributed by atoms with Gasteiger partial charge in [0.25, 0.3) is 0 Å². The van der Waals surface area contributed by atoms with Crippen LogP contribution in [0, 0.1) is 0 Å². The van der Waals surface area contributed by atoms with Crippen molar-refractivity contribution in [2.24, 2.45) is 0 Å². The Hall–Kier alpha value is -0.650. The van der Waals surface area contributed by atoms with E-state index in [1.807, 2.05) is 0 Å². The molecule has 0 rings (SSSR count). The molecule has 0 aromatic heterocycles. The highest BCUT2D eigenvalue weighted by Crippen LogP contribution is 2.46. The zero-order valence-corrected chi connectivity index (χ0v) is 15.2. The lowest BCUT2D eigenvalue weighted by atomic mass is 10.3. The van der Waals surface area contributed by atoms with Crippen molar-refractivity contribution < 1.29 is 28.1 Å². The van der Waals surface area contributed by atoms with Crippen LogP contribution >= 0.6 is 31.6 Å². The van der Waals surface area contributed by atoms with Gasteiger partial charge < -0.3 is 18.5 Å². The van der Waals surface area contributed by atoms with E-state index in [1.54, 1.807) is 0 Å². The van der Waals surface area contributed by atoms with Crippen LogP contribution in [0.1, 0.15) is 6.42 Å². The number of esters is 2. The van der Waals surface area contributed by atoms with Gasteiger partial charge >= 0.3 is 11.9 Å². The van der Waals surface area contributed by atoms with Gasteiger partial charge in [0.15, 0.2) is 8.38 Å². The van der Waals surface area contributed by atoms with E-state index >= 15 is 0 Å². The van der Waals surface area contributed by atoms with Crippen molar-refractivity contribution in [3.63, 3.8) is 0 Å². The first-order chi connectivity index (χ1) is 11.1. The van der Waals surface area contributed by atoms with E-state index in [1.165, 1.54) is 12.2 Å². The van der Waals surface area contributed by atoms with Crippen molar-refractivity contribution >= 4 is 43.5 Å². The first-order valence-electron chi connectivity index (χ1n) is 6.81. The monoisotopic (exact) mass is 386 g/mol. The summed E-state index contributed by atoms with van der Waals surface area (Å²) in [6, 6.07) is 0. The molecular formula is C14H21Cl2O6P. The normalized spacial score (nSPS) is 11.8. The van der Waals surface area contributed by atoms with Gasteiger partial charge in [-0.15, -0.1) is 23.2 Å². The first kappa shape index (κ1) is 22.4. The Morgan fingerprint density at radius 1 is 1.00 bits per heavy atom. The van der Waals surface area contributed by atoms with Gasteiger partial charge in [0.2, 0.25) is 0 Å². The van der Waals surface area contributed by atoms with Crippen LogP contribution in [0.3, 0.4) is 0 Å². The summed E-state index contributed by atoms with van der Waals surface area (Å²) in [5.41, 5.74) is -0.936. The zero-order chi connectivity index (χ0) is 17.5. The van der Waals surface area contributed by atoms with Gasteiger partial charge in [0, 0.05) is 11.8 Å². The van der Waals surface area contributed by atoms with Gasteiger partial charge in [0.05, 0.1) is 19.6 Å². The molecule has 0 aliphatic carbocycles. The van der Waals surface area contributed by atoms with Gasteiger partial charge in [-0.05, 0) is 0 Å². The van der Waals surface area contributed by atoms with E-state index in [2.05, 4.69) is 13.2 Å². The fourth-order valence-corrected chi connectivity index (χ4v) is 3.21. The molecule has 0 saturated heterocycles. The molecular weight excluding hydrogens is 366 g/mol. The van der Waals surface area contributed by atoms with Crippen LogP contribution in [-0.4, -0.2) is 55.8 Å². The number of ether oxygens (including phenoxy) is 2. The average Bonchev–Trinajstić information content (AvgIpc) is 2.56.